The molecule has 0 aromatic heterocycles. The Kier molecular flexibility index (Phi) is 5.84. The minimum absolute atomic E-state index is 0.201. The first-order valence-corrected chi connectivity index (χ1v) is 9.50. The van der Waals surface area contributed by atoms with E-state index in [2.05, 4.69) is 10.3 Å². The Morgan fingerprint density at radius 3 is 2.54 bits per heavy atom. The van der Waals surface area contributed by atoms with E-state index in [9.17, 15) is 9.59 Å². The van der Waals surface area contributed by atoms with Crippen LogP contribution in [0.1, 0.15) is 23.6 Å². The Morgan fingerprint density at radius 2 is 1.89 bits per heavy atom. The molecule has 1 fully saturated rings. The minimum atomic E-state index is -1.03. The number of aliphatic imine (C=N–C) groups is 1. The van der Waals surface area contributed by atoms with Gasteiger partial charge < -0.3 is 15.2 Å². The van der Waals surface area contributed by atoms with Crippen molar-refractivity contribution in [3.8, 4) is 5.75 Å². The Bertz CT molecular complexity index is 980. The average Bonchev–Trinajstić information content (AvgIpc) is 2.98. The maximum absolute atomic E-state index is 12.2. The van der Waals surface area contributed by atoms with Crippen molar-refractivity contribution < 1.29 is 19.4 Å². The largest absolute Gasteiger partial charge is 0.479 e. The van der Waals surface area contributed by atoms with E-state index in [-0.39, 0.29) is 5.91 Å². The Morgan fingerprint density at radius 1 is 1.18 bits per heavy atom. The van der Waals surface area contributed by atoms with Gasteiger partial charge in [-0.25, -0.2) is 9.79 Å². The second-order valence-electron chi connectivity index (χ2n) is 6.42. The molecule has 0 saturated carbocycles. The van der Waals surface area contributed by atoms with Crippen molar-refractivity contribution in [3.63, 3.8) is 0 Å². The summed E-state index contributed by atoms with van der Waals surface area (Å²) in [5.74, 6) is -0.772. The second-order valence-corrected chi connectivity index (χ2v) is 7.45. The van der Waals surface area contributed by atoms with Crippen molar-refractivity contribution >= 4 is 40.6 Å². The molecular weight excluding hydrogens is 376 g/mol. The molecule has 0 unspecified atom stereocenters. The number of carboxylic acids is 1. The number of thioether (sulfide) groups is 1. The third-order valence-electron chi connectivity index (χ3n) is 4.21. The van der Waals surface area contributed by atoms with E-state index >= 15 is 0 Å². The molecule has 0 spiro atoms. The van der Waals surface area contributed by atoms with Crippen LogP contribution in [-0.4, -0.2) is 28.3 Å². The molecule has 2 N–H and O–H groups in total. The predicted octanol–water partition coefficient (Wildman–Crippen LogP) is 4.05. The molecule has 144 valence electrons. The highest BCUT2D eigenvalue weighted by Gasteiger charge is 2.23. The predicted molar refractivity (Wildman–Crippen MR) is 111 cm³/mol. The van der Waals surface area contributed by atoms with Crippen molar-refractivity contribution in [2.45, 2.75) is 26.9 Å². The fourth-order valence-electron chi connectivity index (χ4n) is 2.44. The number of nitrogens with one attached hydrogen (secondary N) is 1. The zero-order chi connectivity index (χ0) is 20.3. The Balaban J connectivity index is 1.72. The molecule has 1 heterocycles. The highest BCUT2D eigenvalue weighted by Crippen LogP contribution is 2.29. The fraction of sp³-hybridized carbons (Fsp3) is 0.190. The highest BCUT2D eigenvalue weighted by atomic mass is 32.2. The zero-order valence-corrected chi connectivity index (χ0v) is 16.5. The Hall–Kier alpha value is -3.06. The third-order valence-corrected chi connectivity index (χ3v) is 5.12. The highest BCUT2D eigenvalue weighted by molar-refractivity contribution is 8.18. The molecule has 28 heavy (non-hydrogen) atoms. The first-order chi connectivity index (χ1) is 13.3. The standard InChI is InChI=1S/C21H20N2O4S/c1-12-4-7-16(10-13(12)2)22-21-23-19(24)18(28-21)11-15-5-8-17(9-6-15)27-14(3)20(25)26/h4-11,14H,1-3H3,(H,25,26)(H,22,23,24)/b18-11-/t14-/m1/s1. The lowest BCUT2D eigenvalue weighted by molar-refractivity contribution is -0.144. The molecule has 1 atom stereocenters. The molecule has 1 aliphatic heterocycles. The van der Waals surface area contributed by atoms with Gasteiger partial charge in [-0.1, -0.05) is 18.2 Å². The van der Waals surface area contributed by atoms with Crippen LogP contribution in [0.5, 0.6) is 5.75 Å². The lowest BCUT2D eigenvalue weighted by Gasteiger charge is -2.10. The normalized spacial score (nSPS) is 17.6. The van der Waals surface area contributed by atoms with Crippen LogP contribution >= 0.6 is 11.8 Å². The average molecular weight is 396 g/mol. The van der Waals surface area contributed by atoms with Gasteiger partial charge >= 0.3 is 5.97 Å². The summed E-state index contributed by atoms with van der Waals surface area (Å²) in [6, 6.07) is 12.8. The number of hydrogen-bond acceptors (Lipinski definition) is 5. The zero-order valence-electron chi connectivity index (χ0n) is 15.7. The quantitative estimate of drug-likeness (QED) is 0.745. The smallest absolute Gasteiger partial charge is 0.344 e. The van der Waals surface area contributed by atoms with Crippen LogP contribution in [-0.2, 0) is 9.59 Å². The number of carbonyl (C=O) groups excluding carboxylic acids is 1. The summed E-state index contributed by atoms with van der Waals surface area (Å²) in [6.07, 6.45) is 0.831. The number of carboxylic acid groups (broad SMARTS) is 1. The van der Waals surface area contributed by atoms with Crippen LogP contribution in [0.15, 0.2) is 52.4 Å². The minimum Gasteiger partial charge on any atom is -0.479 e. The first kappa shape index (κ1) is 19.7. The van der Waals surface area contributed by atoms with Crippen LogP contribution in [0, 0.1) is 13.8 Å². The van der Waals surface area contributed by atoms with Crippen LogP contribution in [0.25, 0.3) is 6.08 Å². The molecule has 2 aromatic carbocycles. The van der Waals surface area contributed by atoms with Gasteiger partial charge in [-0.2, -0.15) is 0 Å². The summed E-state index contributed by atoms with van der Waals surface area (Å²) >= 11 is 1.28. The van der Waals surface area contributed by atoms with Crippen LogP contribution in [0.3, 0.4) is 0 Å². The topological polar surface area (TPSA) is 88.0 Å². The van der Waals surface area contributed by atoms with Crippen LogP contribution < -0.4 is 10.1 Å². The number of hydrogen-bond donors (Lipinski definition) is 2. The second kappa shape index (κ2) is 8.31. The van der Waals surface area contributed by atoms with Gasteiger partial charge in [-0.3, -0.25) is 4.79 Å². The summed E-state index contributed by atoms with van der Waals surface area (Å²) < 4.78 is 5.30. The number of carbonyl (C=O) groups is 2. The van der Waals surface area contributed by atoms with Crippen molar-refractivity contribution in [2.24, 2.45) is 4.99 Å². The van der Waals surface area contributed by atoms with E-state index in [0.717, 1.165) is 16.8 Å². The number of aryl methyl sites for hydroxylation is 2. The molecule has 7 heteroatoms. The van der Waals surface area contributed by atoms with Crippen molar-refractivity contribution in [1.29, 1.82) is 0 Å². The van der Waals surface area contributed by atoms with Crippen molar-refractivity contribution in [2.75, 3.05) is 0 Å². The van der Waals surface area contributed by atoms with E-state index < -0.39 is 12.1 Å². The molecule has 1 aliphatic rings. The molecule has 6 nitrogen and oxygen atoms in total. The molecule has 0 aliphatic carbocycles. The van der Waals surface area contributed by atoms with Gasteiger partial charge in [0.2, 0.25) is 0 Å². The van der Waals surface area contributed by atoms with Gasteiger partial charge in [-0.15, -0.1) is 0 Å². The van der Waals surface area contributed by atoms with Gasteiger partial charge in [0.05, 0.1) is 10.6 Å². The molecular formula is C21H20N2O4S. The fourth-order valence-corrected chi connectivity index (χ4v) is 3.28. The van der Waals surface area contributed by atoms with Crippen LogP contribution in [0.2, 0.25) is 0 Å². The number of amidine groups is 1. The van der Waals surface area contributed by atoms with Crippen molar-refractivity contribution in [3.05, 3.63) is 64.1 Å². The van der Waals surface area contributed by atoms with E-state index in [1.54, 1.807) is 30.3 Å². The van der Waals surface area contributed by atoms with Crippen molar-refractivity contribution in [1.82, 2.24) is 5.32 Å². The molecule has 2 aromatic rings. The van der Waals surface area contributed by atoms with E-state index in [0.29, 0.717) is 15.8 Å². The number of nitrogens with zero attached hydrogens (tertiary/aromatic N) is 1. The van der Waals surface area contributed by atoms with Gasteiger partial charge in [-0.05, 0) is 79.6 Å². The third kappa shape index (κ3) is 4.80. The van der Waals surface area contributed by atoms with E-state index in [1.165, 1.54) is 24.2 Å². The summed E-state index contributed by atoms with van der Waals surface area (Å²) in [5, 5.41) is 12.2. The maximum atomic E-state index is 12.2. The van der Waals surface area contributed by atoms with Gasteiger partial charge in [0.25, 0.3) is 5.91 Å². The number of rotatable bonds is 5. The number of aliphatic carboxylic acids is 1. The Labute approximate surface area is 167 Å². The molecule has 1 saturated heterocycles. The van der Waals surface area contributed by atoms with Crippen LogP contribution in [0.4, 0.5) is 5.69 Å². The monoisotopic (exact) mass is 396 g/mol. The molecule has 1 amide bonds. The number of amides is 1. The van der Waals surface area contributed by atoms with Gasteiger partial charge in [0.15, 0.2) is 11.3 Å². The van der Waals surface area contributed by atoms with Gasteiger partial charge in [0, 0.05) is 0 Å². The van der Waals surface area contributed by atoms with E-state index in [4.69, 9.17) is 9.84 Å². The lowest BCUT2D eigenvalue weighted by atomic mass is 10.1. The van der Waals surface area contributed by atoms with E-state index in [1.807, 2.05) is 32.0 Å². The lowest BCUT2D eigenvalue weighted by Crippen LogP contribution is -2.22. The first-order valence-electron chi connectivity index (χ1n) is 8.68. The molecule has 3 rings (SSSR count). The maximum Gasteiger partial charge on any atom is 0.344 e. The molecule has 0 radical (unpaired) electrons. The SMILES string of the molecule is Cc1ccc(N=C2NC(=O)/C(=C/c3ccc(O[C@H](C)C(=O)O)cc3)S2)cc1C. The summed E-state index contributed by atoms with van der Waals surface area (Å²) in [7, 11) is 0. The van der Waals surface area contributed by atoms with Gasteiger partial charge in [0.1, 0.15) is 5.75 Å². The number of benzene rings is 2. The summed E-state index contributed by atoms with van der Waals surface area (Å²) in [4.78, 5) is 28.1. The molecule has 0 bridgehead atoms. The summed E-state index contributed by atoms with van der Waals surface area (Å²) in [6.45, 7) is 5.53. The summed E-state index contributed by atoms with van der Waals surface area (Å²) in [5.41, 5.74) is 3.94. The number of ether oxygens (including phenoxy) is 1.